The van der Waals surface area contributed by atoms with E-state index in [-0.39, 0.29) is 6.03 Å². The van der Waals surface area contributed by atoms with Crippen LogP contribution in [0.15, 0.2) is 0 Å². The molecule has 2 atom stereocenters. The molecule has 2 amide bonds. The second-order valence-electron chi connectivity index (χ2n) is 5.30. The predicted molar refractivity (Wildman–Crippen MR) is 81.2 cm³/mol. The number of carbonyl (C=O) groups excluding carboxylic acids is 1. The lowest BCUT2D eigenvalue weighted by Crippen LogP contribution is -2.48. The van der Waals surface area contributed by atoms with Gasteiger partial charge in [0.1, 0.15) is 6.04 Å². The molecule has 1 fully saturated rings. The van der Waals surface area contributed by atoms with Gasteiger partial charge >= 0.3 is 12.0 Å². The van der Waals surface area contributed by atoms with Gasteiger partial charge in [-0.2, -0.15) is 11.8 Å². The minimum absolute atomic E-state index is 0.383. The number of piperidine rings is 1. The Morgan fingerprint density at radius 2 is 2.25 bits per heavy atom. The number of rotatable bonds is 7. The molecule has 1 rings (SSSR count). The molecule has 1 unspecified atom stereocenters. The van der Waals surface area contributed by atoms with Crippen molar-refractivity contribution in [3.8, 4) is 0 Å². The second-order valence-corrected chi connectivity index (χ2v) is 6.28. The molecule has 3 N–H and O–H groups in total. The molecule has 7 heteroatoms. The third-order valence-electron chi connectivity index (χ3n) is 3.49. The molecule has 1 heterocycles. The number of thioether (sulfide) groups is 1. The number of urea groups is 1. The molecule has 0 aromatic heterocycles. The van der Waals surface area contributed by atoms with E-state index < -0.39 is 12.0 Å². The Labute approximate surface area is 124 Å². The molecular weight excluding hydrogens is 278 g/mol. The van der Waals surface area contributed by atoms with Crippen molar-refractivity contribution in [2.45, 2.75) is 25.3 Å². The Kier molecular flexibility index (Phi) is 7.76. The van der Waals surface area contributed by atoms with E-state index in [0.29, 0.717) is 24.6 Å². The summed E-state index contributed by atoms with van der Waals surface area (Å²) in [6, 6.07) is -1.19. The quantitative estimate of drug-likeness (QED) is 0.649. The standard InChI is InChI=1S/C13H25N3O3S/c1-16-6-3-4-10(9-16)8-14-13(19)15-11(12(17)18)5-7-20-2/h10-11H,3-9H2,1-2H3,(H,17,18)(H2,14,15,19)/t10?,11-/m0/s1. The van der Waals surface area contributed by atoms with E-state index in [1.807, 2.05) is 6.26 Å². The van der Waals surface area contributed by atoms with Gasteiger partial charge in [-0.25, -0.2) is 9.59 Å². The fraction of sp³-hybridized carbons (Fsp3) is 0.846. The number of hydrogen-bond acceptors (Lipinski definition) is 4. The molecule has 0 spiro atoms. The molecule has 1 saturated heterocycles. The first-order valence-electron chi connectivity index (χ1n) is 6.97. The molecule has 1 aliphatic heterocycles. The van der Waals surface area contributed by atoms with Crippen LogP contribution in [0.5, 0.6) is 0 Å². The lowest BCUT2D eigenvalue weighted by molar-refractivity contribution is -0.139. The van der Waals surface area contributed by atoms with E-state index in [1.54, 1.807) is 11.8 Å². The summed E-state index contributed by atoms with van der Waals surface area (Å²) >= 11 is 1.57. The highest BCUT2D eigenvalue weighted by Crippen LogP contribution is 2.13. The molecule has 20 heavy (non-hydrogen) atoms. The minimum Gasteiger partial charge on any atom is -0.480 e. The van der Waals surface area contributed by atoms with Gasteiger partial charge in [0.15, 0.2) is 0 Å². The van der Waals surface area contributed by atoms with Gasteiger partial charge in [0.25, 0.3) is 0 Å². The van der Waals surface area contributed by atoms with E-state index in [0.717, 1.165) is 25.9 Å². The highest BCUT2D eigenvalue weighted by Gasteiger charge is 2.21. The van der Waals surface area contributed by atoms with E-state index in [2.05, 4.69) is 22.6 Å². The number of carbonyl (C=O) groups is 2. The maximum absolute atomic E-state index is 11.7. The smallest absolute Gasteiger partial charge is 0.326 e. The fourth-order valence-electron chi connectivity index (χ4n) is 2.38. The van der Waals surface area contributed by atoms with E-state index in [4.69, 9.17) is 5.11 Å². The van der Waals surface area contributed by atoms with Gasteiger partial charge < -0.3 is 20.6 Å². The van der Waals surface area contributed by atoms with Crippen molar-refractivity contribution in [2.24, 2.45) is 5.92 Å². The Morgan fingerprint density at radius 3 is 2.85 bits per heavy atom. The average molecular weight is 303 g/mol. The summed E-state index contributed by atoms with van der Waals surface area (Å²) in [6.07, 6.45) is 4.62. The summed E-state index contributed by atoms with van der Waals surface area (Å²) in [7, 11) is 2.08. The fourth-order valence-corrected chi connectivity index (χ4v) is 2.85. The number of nitrogens with one attached hydrogen (secondary N) is 2. The molecule has 1 aliphatic rings. The zero-order valence-electron chi connectivity index (χ0n) is 12.2. The van der Waals surface area contributed by atoms with E-state index in [1.165, 1.54) is 0 Å². The van der Waals surface area contributed by atoms with Gasteiger partial charge in [0, 0.05) is 13.1 Å². The van der Waals surface area contributed by atoms with Crippen molar-refractivity contribution in [3.05, 3.63) is 0 Å². The number of nitrogens with zero attached hydrogens (tertiary/aromatic N) is 1. The first-order chi connectivity index (χ1) is 9.52. The van der Waals surface area contributed by atoms with Crippen molar-refractivity contribution in [1.29, 1.82) is 0 Å². The van der Waals surface area contributed by atoms with E-state index in [9.17, 15) is 9.59 Å². The number of carboxylic acid groups (broad SMARTS) is 1. The SMILES string of the molecule is CSCC[C@H](NC(=O)NCC1CCCN(C)C1)C(=O)O. The van der Waals surface area contributed by atoms with Gasteiger partial charge in [0.05, 0.1) is 0 Å². The normalized spacial score (nSPS) is 21.2. The largest absolute Gasteiger partial charge is 0.480 e. The van der Waals surface area contributed by atoms with Crippen molar-refractivity contribution in [3.63, 3.8) is 0 Å². The number of likely N-dealkylation sites (tertiary alicyclic amines) is 1. The first kappa shape index (κ1) is 17.1. The highest BCUT2D eigenvalue weighted by atomic mass is 32.2. The average Bonchev–Trinajstić information content (AvgIpc) is 2.41. The summed E-state index contributed by atoms with van der Waals surface area (Å²) in [6.45, 7) is 2.69. The molecule has 0 saturated carbocycles. The van der Waals surface area contributed by atoms with Crippen molar-refractivity contribution in [2.75, 3.05) is 38.7 Å². The van der Waals surface area contributed by atoms with Gasteiger partial charge in [-0.15, -0.1) is 0 Å². The molecule has 0 bridgehead atoms. The lowest BCUT2D eigenvalue weighted by atomic mass is 9.99. The maximum atomic E-state index is 11.7. The van der Waals surface area contributed by atoms with Crippen molar-refractivity contribution in [1.82, 2.24) is 15.5 Å². The van der Waals surface area contributed by atoms with Crippen LogP contribution in [-0.4, -0.2) is 66.7 Å². The Hall–Kier alpha value is -0.950. The predicted octanol–water partition coefficient (Wildman–Crippen LogP) is 0.834. The number of carboxylic acids is 1. The van der Waals surface area contributed by atoms with Crippen LogP contribution in [0.3, 0.4) is 0 Å². The molecule has 0 radical (unpaired) electrons. The summed E-state index contributed by atoms with van der Waals surface area (Å²) in [5, 5.41) is 14.4. The Bertz CT molecular complexity index is 328. The molecular formula is C13H25N3O3S. The van der Waals surface area contributed by atoms with Crippen LogP contribution >= 0.6 is 11.8 Å². The monoisotopic (exact) mass is 303 g/mol. The molecule has 116 valence electrons. The van der Waals surface area contributed by atoms with E-state index >= 15 is 0 Å². The third-order valence-corrected chi connectivity index (χ3v) is 4.13. The van der Waals surface area contributed by atoms with Crippen molar-refractivity contribution < 1.29 is 14.7 Å². The summed E-state index contributed by atoms with van der Waals surface area (Å²) in [5.74, 6) is 0.186. The van der Waals surface area contributed by atoms with Gasteiger partial charge in [-0.1, -0.05) is 0 Å². The van der Waals surface area contributed by atoms with Crippen LogP contribution < -0.4 is 10.6 Å². The molecule has 0 aliphatic carbocycles. The minimum atomic E-state index is -0.980. The van der Waals surface area contributed by atoms with Crippen LogP contribution in [0, 0.1) is 5.92 Å². The summed E-state index contributed by atoms with van der Waals surface area (Å²) < 4.78 is 0. The maximum Gasteiger partial charge on any atom is 0.326 e. The zero-order chi connectivity index (χ0) is 15.0. The van der Waals surface area contributed by atoms with Gasteiger partial charge in [0.2, 0.25) is 0 Å². The summed E-state index contributed by atoms with van der Waals surface area (Å²) in [5.41, 5.74) is 0. The van der Waals surface area contributed by atoms with Crippen LogP contribution in [0.25, 0.3) is 0 Å². The first-order valence-corrected chi connectivity index (χ1v) is 8.37. The third kappa shape index (κ3) is 6.47. The van der Waals surface area contributed by atoms with Crippen LogP contribution in [0.2, 0.25) is 0 Å². The molecule has 6 nitrogen and oxygen atoms in total. The lowest BCUT2D eigenvalue weighted by Gasteiger charge is -2.29. The Morgan fingerprint density at radius 1 is 1.50 bits per heavy atom. The number of aliphatic carboxylic acids is 1. The van der Waals surface area contributed by atoms with Gasteiger partial charge in [-0.3, -0.25) is 0 Å². The number of hydrogen-bond donors (Lipinski definition) is 3. The van der Waals surface area contributed by atoms with Crippen LogP contribution in [0.1, 0.15) is 19.3 Å². The topological polar surface area (TPSA) is 81.7 Å². The van der Waals surface area contributed by atoms with Crippen LogP contribution in [-0.2, 0) is 4.79 Å². The van der Waals surface area contributed by atoms with Crippen LogP contribution in [0.4, 0.5) is 4.79 Å². The number of amides is 2. The second kappa shape index (κ2) is 9.07. The van der Waals surface area contributed by atoms with Crippen molar-refractivity contribution >= 4 is 23.8 Å². The molecule has 0 aromatic rings. The highest BCUT2D eigenvalue weighted by molar-refractivity contribution is 7.98. The Balaban J connectivity index is 2.28. The zero-order valence-corrected chi connectivity index (χ0v) is 13.0. The summed E-state index contributed by atoms with van der Waals surface area (Å²) in [4.78, 5) is 25.0. The van der Waals surface area contributed by atoms with Gasteiger partial charge in [-0.05, 0) is 50.8 Å². The molecule has 0 aromatic carbocycles.